The lowest BCUT2D eigenvalue weighted by Gasteiger charge is -2.31. The Kier molecular flexibility index (Phi) is 7.05. The molecule has 0 spiro atoms. The van der Waals surface area contributed by atoms with Gasteiger partial charge in [0.05, 0.1) is 21.3 Å². The Morgan fingerprint density at radius 3 is 2.10 bits per heavy atom. The first kappa shape index (κ1) is 22.5. The summed E-state index contributed by atoms with van der Waals surface area (Å²) >= 11 is 0. The van der Waals surface area contributed by atoms with E-state index < -0.39 is 0 Å². The molecule has 0 atom stereocenters. The highest BCUT2D eigenvalue weighted by atomic mass is 16.5. The van der Waals surface area contributed by atoms with Crippen molar-refractivity contribution in [2.45, 2.75) is 26.7 Å². The van der Waals surface area contributed by atoms with E-state index in [0.29, 0.717) is 48.7 Å². The second kappa shape index (κ2) is 9.73. The van der Waals surface area contributed by atoms with Crippen LogP contribution >= 0.6 is 0 Å². The van der Waals surface area contributed by atoms with Gasteiger partial charge in [0.15, 0.2) is 11.5 Å². The number of nitrogens with zero attached hydrogens (tertiary/aromatic N) is 1. The largest absolute Gasteiger partial charge is 0.493 e. The van der Waals surface area contributed by atoms with Crippen LogP contribution in [0.3, 0.4) is 0 Å². The number of amides is 2. The highest BCUT2D eigenvalue weighted by molar-refractivity contribution is 5.96. The van der Waals surface area contributed by atoms with Crippen molar-refractivity contribution in [3.8, 4) is 17.2 Å². The zero-order chi connectivity index (χ0) is 22.5. The number of anilines is 1. The molecular weight excluding hydrogens is 396 g/mol. The van der Waals surface area contributed by atoms with E-state index in [1.54, 1.807) is 17.0 Å². The smallest absolute Gasteiger partial charge is 0.254 e. The van der Waals surface area contributed by atoms with E-state index >= 15 is 0 Å². The van der Waals surface area contributed by atoms with E-state index in [-0.39, 0.29) is 17.7 Å². The molecule has 0 unspecified atom stereocenters. The number of carbonyl (C=O) groups is 2. The number of aryl methyl sites for hydroxylation is 2. The van der Waals surface area contributed by atoms with Crippen molar-refractivity contribution < 1.29 is 23.8 Å². The molecule has 1 aliphatic heterocycles. The number of likely N-dealkylation sites (tertiary alicyclic amines) is 1. The molecule has 3 rings (SSSR count). The maximum Gasteiger partial charge on any atom is 0.254 e. The maximum absolute atomic E-state index is 13.1. The number of hydrogen-bond donors (Lipinski definition) is 1. The van der Waals surface area contributed by atoms with Gasteiger partial charge in [-0.25, -0.2) is 0 Å². The van der Waals surface area contributed by atoms with E-state index in [0.717, 1.165) is 16.8 Å². The van der Waals surface area contributed by atoms with Crippen molar-refractivity contribution in [3.63, 3.8) is 0 Å². The monoisotopic (exact) mass is 426 g/mol. The molecular formula is C24H30N2O5. The fourth-order valence-electron chi connectivity index (χ4n) is 3.84. The summed E-state index contributed by atoms with van der Waals surface area (Å²) in [5.41, 5.74) is 3.45. The molecule has 2 aromatic rings. The summed E-state index contributed by atoms with van der Waals surface area (Å²) in [6.07, 6.45) is 1.24. The Labute approximate surface area is 183 Å². The lowest BCUT2D eigenvalue weighted by molar-refractivity contribution is -0.121. The molecule has 1 N–H and O–H groups in total. The Balaban J connectivity index is 1.66. The Bertz CT molecular complexity index is 939. The summed E-state index contributed by atoms with van der Waals surface area (Å²) in [4.78, 5) is 27.6. The molecule has 1 fully saturated rings. The predicted octanol–water partition coefficient (Wildman–Crippen LogP) is 3.82. The van der Waals surface area contributed by atoms with Crippen LogP contribution in [0.25, 0.3) is 0 Å². The van der Waals surface area contributed by atoms with Gasteiger partial charge in [-0.3, -0.25) is 9.59 Å². The number of carbonyl (C=O) groups excluding carboxylic acids is 2. The van der Waals surface area contributed by atoms with Crippen molar-refractivity contribution in [1.82, 2.24) is 4.90 Å². The lowest BCUT2D eigenvalue weighted by atomic mass is 9.95. The van der Waals surface area contributed by atoms with Gasteiger partial charge in [-0.05, 0) is 56.0 Å². The fourth-order valence-corrected chi connectivity index (χ4v) is 3.84. The second-order valence-electron chi connectivity index (χ2n) is 7.79. The van der Waals surface area contributed by atoms with Gasteiger partial charge in [0.2, 0.25) is 11.7 Å². The van der Waals surface area contributed by atoms with E-state index in [9.17, 15) is 9.59 Å². The molecule has 166 valence electrons. The number of rotatable bonds is 6. The summed E-state index contributed by atoms with van der Waals surface area (Å²) in [5.74, 6) is 1.09. The summed E-state index contributed by atoms with van der Waals surface area (Å²) in [5, 5.41) is 3.05. The first-order valence-electron chi connectivity index (χ1n) is 10.3. The summed E-state index contributed by atoms with van der Waals surface area (Å²) in [7, 11) is 4.56. The topological polar surface area (TPSA) is 77.1 Å². The highest BCUT2D eigenvalue weighted by Crippen LogP contribution is 2.38. The zero-order valence-electron chi connectivity index (χ0n) is 18.8. The van der Waals surface area contributed by atoms with Crippen LogP contribution in [-0.4, -0.2) is 51.1 Å². The van der Waals surface area contributed by atoms with Crippen LogP contribution in [0, 0.1) is 19.8 Å². The van der Waals surface area contributed by atoms with Crippen LogP contribution in [0.15, 0.2) is 30.3 Å². The van der Waals surface area contributed by atoms with Gasteiger partial charge < -0.3 is 24.4 Å². The van der Waals surface area contributed by atoms with Gasteiger partial charge in [0.1, 0.15) is 0 Å². The standard InChI is InChI=1S/C24H30N2O5/c1-15-6-7-16(2)19(12-15)25-23(27)17-8-10-26(11-9-17)24(28)18-13-20(29-3)22(31-5)21(14-18)30-4/h6-7,12-14,17H,8-11H2,1-5H3,(H,25,27). The molecule has 1 heterocycles. The first-order chi connectivity index (χ1) is 14.9. The lowest BCUT2D eigenvalue weighted by Crippen LogP contribution is -2.41. The number of hydrogen-bond acceptors (Lipinski definition) is 5. The summed E-state index contributed by atoms with van der Waals surface area (Å²) in [6.45, 7) is 5.01. The van der Waals surface area contributed by atoms with Gasteiger partial charge >= 0.3 is 0 Å². The van der Waals surface area contributed by atoms with Gasteiger partial charge in [0, 0.05) is 30.3 Å². The highest BCUT2D eigenvalue weighted by Gasteiger charge is 2.29. The van der Waals surface area contributed by atoms with Crippen molar-refractivity contribution in [2.24, 2.45) is 5.92 Å². The molecule has 7 heteroatoms. The molecule has 0 aromatic heterocycles. The predicted molar refractivity (Wildman–Crippen MR) is 119 cm³/mol. The minimum Gasteiger partial charge on any atom is -0.493 e. The summed E-state index contributed by atoms with van der Waals surface area (Å²) in [6, 6.07) is 9.32. The van der Waals surface area contributed by atoms with Crippen molar-refractivity contribution in [1.29, 1.82) is 0 Å². The Hall–Kier alpha value is -3.22. The molecule has 0 bridgehead atoms. The fraction of sp³-hybridized carbons (Fsp3) is 0.417. The molecule has 2 aromatic carbocycles. The van der Waals surface area contributed by atoms with E-state index in [1.165, 1.54) is 21.3 Å². The van der Waals surface area contributed by atoms with Crippen molar-refractivity contribution in [3.05, 3.63) is 47.0 Å². The normalized spacial score (nSPS) is 14.2. The maximum atomic E-state index is 13.1. The SMILES string of the molecule is COc1cc(C(=O)N2CCC(C(=O)Nc3cc(C)ccc3C)CC2)cc(OC)c1OC. The number of methoxy groups -OCH3 is 3. The van der Waals surface area contributed by atoms with Crippen molar-refractivity contribution in [2.75, 3.05) is 39.7 Å². The minimum absolute atomic E-state index is 0.00795. The molecule has 0 saturated carbocycles. The second-order valence-corrected chi connectivity index (χ2v) is 7.79. The van der Waals surface area contributed by atoms with Gasteiger partial charge in [-0.15, -0.1) is 0 Å². The van der Waals surface area contributed by atoms with Crippen LogP contribution in [-0.2, 0) is 4.79 Å². The third kappa shape index (κ3) is 4.93. The molecule has 1 saturated heterocycles. The zero-order valence-corrected chi connectivity index (χ0v) is 18.8. The third-order valence-corrected chi connectivity index (χ3v) is 5.72. The van der Waals surface area contributed by atoms with Crippen LogP contribution in [0.5, 0.6) is 17.2 Å². The van der Waals surface area contributed by atoms with E-state index in [1.807, 2.05) is 32.0 Å². The third-order valence-electron chi connectivity index (χ3n) is 5.72. The number of benzene rings is 2. The van der Waals surface area contributed by atoms with Crippen LogP contribution in [0.1, 0.15) is 34.3 Å². The van der Waals surface area contributed by atoms with Crippen LogP contribution < -0.4 is 19.5 Å². The van der Waals surface area contributed by atoms with Gasteiger partial charge in [0.25, 0.3) is 5.91 Å². The molecule has 2 amide bonds. The van der Waals surface area contributed by atoms with Crippen LogP contribution in [0.4, 0.5) is 5.69 Å². The Morgan fingerprint density at radius 1 is 0.935 bits per heavy atom. The molecule has 0 aliphatic carbocycles. The molecule has 7 nitrogen and oxygen atoms in total. The number of nitrogens with one attached hydrogen (secondary N) is 1. The van der Waals surface area contributed by atoms with Crippen molar-refractivity contribution >= 4 is 17.5 Å². The summed E-state index contributed by atoms with van der Waals surface area (Å²) < 4.78 is 16.0. The average Bonchev–Trinajstić information content (AvgIpc) is 2.79. The molecule has 31 heavy (non-hydrogen) atoms. The van der Waals surface area contributed by atoms with Gasteiger partial charge in [-0.2, -0.15) is 0 Å². The Morgan fingerprint density at radius 2 is 1.55 bits per heavy atom. The van der Waals surface area contributed by atoms with E-state index in [4.69, 9.17) is 14.2 Å². The number of piperidine rings is 1. The first-order valence-corrected chi connectivity index (χ1v) is 10.3. The minimum atomic E-state index is -0.121. The molecule has 0 radical (unpaired) electrons. The van der Waals surface area contributed by atoms with E-state index in [2.05, 4.69) is 5.32 Å². The molecule has 1 aliphatic rings. The average molecular weight is 427 g/mol. The van der Waals surface area contributed by atoms with Crippen LogP contribution in [0.2, 0.25) is 0 Å². The quantitative estimate of drug-likeness (QED) is 0.760. The number of ether oxygens (including phenoxy) is 3. The van der Waals surface area contributed by atoms with Gasteiger partial charge in [-0.1, -0.05) is 12.1 Å².